The van der Waals surface area contributed by atoms with E-state index in [0.29, 0.717) is 5.39 Å². The van der Waals surface area contributed by atoms with Crippen molar-refractivity contribution in [2.45, 2.75) is 46.3 Å². The van der Waals surface area contributed by atoms with Crippen molar-refractivity contribution in [3.05, 3.63) is 27.6 Å². The molecule has 6 heteroatoms. The van der Waals surface area contributed by atoms with Crippen LogP contribution in [0.25, 0.3) is 10.2 Å². The number of aromatic nitrogens is 2. The molecule has 0 aliphatic carbocycles. The van der Waals surface area contributed by atoms with E-state index in [-0.39, 0.29) is 18.2 Å². The topological polar surface area (TPSA) is 61.2 Å². The summed E-state index contributed by atoms with van der Waals surface area (Å²) >= 11 is 1.51. The molecular formula is C14H18N2O3S. The molecule has 0 saturated heterocycles. The minimum atomic E-state index is -0.409. The number of hydrogen-bond donors (Lipinski definition) is 0. The van der Waals surface area contributed by atoms with Crippen LogP contribution in [0.3, 0.4) is 0 Å². The Hall–Kier alpha value is -1.69. The number of aryl methyl sites for hydroxylation is 1. The zero-order valence-corrected chi connectivity index (χ0v) is 12.7. The van der Waals surface area contributed by atoms with Crippen LogP contribution in [-0.2, 0) is 22.5 Å². The predicted octanol–water partition coefficient (Wildman–Crippen LogP) is 2.36. The Morgan fingerprint density at radius 2 is 2.25 bits per heavy atom. The second-order valence-corrected chi connectivity index (χ2v) is 5.79. The fraction of sp³-hybridized carbons (Fsp3) is 0.500. The molecule has 0 radical (unpaired) electrons. The van der Waals surface area contributed by atoms with Crippen molar-refractivity contribution in [1.82, 2.24) is 9.55 Å². The lowest BCUT2D eigenvalue weighted by Crippen LogP contribution is -2.27. The van der Waals surface area contributed by atoms with Gasteiger partial charge in [-0.2, -0.15) is 0 Å². The monoisotopic (exact) mass is 294 g/mol. The second kappa shape index (κ2) is 6.17. The van der Waals surface area contributed by atoms with Crippen LogP contribution in [0.1, 0.15) is 32.1 Å². The average Bonchev–Trinajstić information content (AvgIpc) is 2.86. The van der Waals surface area contributed by atoms with Gasteiger partial charge in [0.2, 0.25) is 0 Å². The Morgan fingerprint density at radius 3 is 2.90 bits per heavy atom. The zero-order chi connectivity index (χ0) is 14.7. The maximum atomic E-state index is 12.3. The summed E-state index contributed by atoms with van der Waals surface area (Å²) in [7, 11) is 0. The highest BCUT2D eigenvalue weighted by atomic mass is 32.1. The molecule has 0 bridgehead atoms. The third-order valence-electron chi connectivity index (χ3n) is 3.12. The molecule has 0 aliphatic heterocycles. The van der Waals surface area contributed by atoms with Crippen molar-refractivity contribution in [2.24, 2.45) is 0 Å². The molecule has 0 spiro atoms. The van der Waals surface area contributed by atoms with E-state index in [0.717, 1.165) is 22.5 Å². The standard InChI is InChI=1S/C14H18N2O3S/c1-4-9(3)19-12(17)7-16-8-15-13-11(14(16)18)6-10(5-2)20-13/h6,8-9H,4-5,7H2,1-3H3/t9-/m0/s1. The summed E-state index contributed by atoms with van der Waals surface area (Å²) in [5, 5.41) is 0.575. The summed E-state index contributed by atoms with van der Waals surface area (Å²) in [4.78, 5) is 30.1. The number of carbonyl (C=O) groups is 1. The SMILES string of the molecule is CCc1cc2c(=O)n(CC(=O)O[C@@H](C)CC)cnc2s1. The van der Waals surface area contributed by atoms with Crippen molar-refractivity contribution in [2.75, 3.05) is 0 Å². The molecule has 20 heavy (non-hydrogen) atoms. The molecule has 0 aromatic carbocycles. The Balaban J connectivity index is 2.25. The molecule has 1 atom stereocenters. The number of ether oxygens (including phenoxy) is 1. The van der Waals surface area contributed by atoms with Crippen molar-refractivity contribution in [3.8, 4) is 0 Å². The van der Waals surface area contributed by atoms with Gasteiger partial charge in [-0.05, 0) is 25.8 Å². The smallest absolute Gasteiger partial charge is 0.326 e. The van der Waals surface area contributed by atoms with Gasteiger partial charge in [-0.15, -0.1) is 11.3 Å². The van der Waals surface area contributed by atoms with Gasteiger partial charge in [0.1, 0.15) is 11.4 Å². The van der Waals surface area contributed by atoms with Gasteiger partial charge in [0.15, 0.2) is 0 Å². The van der Waals surface area contributed by atoms with Gasteiger partial charge in [0.25, 0.3) is 5.56 Å². The van der Waals surface area contributed by atoms with Crippen LogP contribution in [0.5, 0.6) is 0 Å². The highest BCUT2D eigenvalue weighted by molar-refractivity contribution is 7.18. The Bertz CT molecular complexity index is 675. The van der Waals surface area contributed by atoms with E-state index in [2.05, 4.69) is 4.98 Å². The molecule has 2 aromatic rings. The van der Waals surface area contributed by atoms with Crippen LogP contribution in [-0.4, -0.2) is 21.6 Å². The molecule has 2 aromatic heterocycles. The average molecular weight is 294 g/mol. The minimum Gasteiger partial charge on any atom is -0.461 e. The normalized spacial score (nSPS) is 12.6. The summed E-state index contributed by atoms with van der Waals surface area (Å²) in [6, 6.07) is 1.85. The van der Waals surface area contributed by atoms with Crippen LogP contribution >= 0.6 is 11.3 Å². The largest absolute Gasteiger partial charge is 0.461 e. The zero-order valence-electron chi connectivity index (χ0n) is 11.9. The van der Waals surface area contributed by atoms with Gasteiger partial charge < -0.3 is 4.74 Å². The Morgan fingerprint density at radius 1 is 1.50 bits per heavy atom. The highest BCUT2D eigenvalue weighted by Gasteiger charge is 2.13. The first-order chi connectivity index (χ1) is 9.55. The number of carbonyl (C=O) groups excluding carboxylic acids is 1. The molecule has 0 aliphatic rings. The van der Waals surface area contributed by atoms with Gasteiger partial charge in [0.05, 0.1) is 17.8 Å². The molecule has 0 saturated carbocycles. The molecular weight excluding hydrogens is 276 g/mol. The summed E-state index contributed by atoms with van der Waals surface area (Å²) in [6.07, 6.45) is 2.90. The Labute approximate surface area is 121 Å². The van der Waals surface area contributed by atoms with Crippen molar-refractivity contribution in [1.29, 1.82) is 0 Å². The summed E-state index contributed by atoms with van der Waals surface area (Å²) in [6.45, 7) is 5.71. The Kier molecular flexibility index (Phi) is 4.54. The van der Waals surface area contributed by atoms with Crippen molar-refractivity contribution in [3.63, 3.8) is 0 Å². The van der Waals surface area contributed by atoms with E-state index in [1.165, 1.54) is 22.2 Å². The number of nitrogens with zero attached hydrogens (tertiary/aromatic N) is 2. The second-order valence-electron chi connectivity index (χ2n) is 4.67. The van der Waals surface area contributed by atoms with Gasteiger partial charge >= 0.3 is 5.97 Å². The van der Waals surface area contributed by atoms with E-state index < -0.39 is 5.97 Å². The van der Waals surface area contributed by atoms with Crippen LogP contribution in [0.15, 0.2) is 17.2 Å². The first-order valence-electron chi connectivity index (χ1n) is 6.72. The molecule has 0 amide bonds. The highest BCUT2D eigenvalue weighted by Crippen LogP contribution is 2.20. The molecule has 5 nitrogen and oxygen atoms in total. The van der Waals surface area contributed by atoms with E-state index >= 15 is 0 Å². The summed E-state index contributed by atoms with van der Waals surface area (Å²) in [5.41, 5.74) is -0.188. The number of thiophene rings is 1. The van der Waals surface area contributed by atoms with Gasteiger partial charge in [0, 0.05) is 4.88 Å². The lowest BCUT2D eigenvalue weighted by molar-refractivity contribution is -0.149. The van der Waals surface area contributed by atoms with Gasteiger partial charge in [-0.25, -0.2) is 4.98 Å². The van der Waals surface area contributed by atoms with Gasteiger partial charge in [-0.1, -0.05) is 13.8 Å². The summed E-state index contributed by atoms with van der Waals surface area (Å²) in [5.74, 6) is -0.409. The first-order valence-corrected chi connectivity index (χ1v) is 7.54. The van der Waals surface area contributed by atoms with Crippen LogP contribution in [0.4, 0.5) is 0 Å². The fourth-order valence-electron chi connectivity index (χ4n) is 1.78. The molecule has 108 valence electrons. The number of fused-ring (bicyclic) bond motifs is 1. The number of esters is 1. The molecule has 2 heterocycles. The molecule has 0 unspecified atom stereocenters. The molecule has 0 fully saturated rings. The van der Waals surface area contributed by atoms with E-state index in [1.54, 1.807) is 0 Å². The summed E-state index contributed by atoms with van der Waals surface area (Å²) < 4.78 is 6.48. The van der Waals surface area contributed by atoms with E-state index in [4.69, 9.17) is 4.74 Å². The maximum Gasteiger partial charge on any atom is 0.326 e. The first kappa shape index (κ1) is 14.7. The molecule has 0 N–H and O–H groups in total. The van der Waals surface area contributed by atoms with Crippen molar-refractivity contribution >= 4 is 27.5 Å². The van der Waals surface area contributed by atoms with Crippen LogP contribution in [0.2, 0.25) is 0 Å². The minimum absolute atomic E-state index is 0.0938. The third kappa shape index (κ3) is 3.07. The van der Waals surface area contributed by atoms with Crippen LogP contribution in [0, 0.1) is 0 Å². The van der Waals surface area contributed by atoms with E-state index in [1.807, 2.05) is 26.8 Å². The van der Waals surface area contributed by atoms with Gasteiger partial charge in [-0.3, -0.25) is 14.2 Å². The lowest BCUT2D eigenvalue weighted by Gasteiger charge is -2.11. The number of hydrogen-bond acceptors (Lipinski definition) is 5. The maximum absolute atomic E-state index is 12.3. The fourth-order valence-corrected chi connectivity index (χ4v) is 2.71. The van der Waals surface area contributed by atoms with Crippen molar-refractivity contribution < 1.29 is 9.53 Å². The van der Waals surface area contributed by atoms with Crippen LogP contribution < -0.4 is 5.56 Å². The molecule has 2 rings (SSSR count). The predicted molar refractivity (Wildman–Crippen MR) is 79.1 cm³/mol. The lowest BCUT2D eigenvalue weighted by atomic mass is 10.3. The quantitative estimate of drug-likeness (QED) is 0.794. The number of rotatable bonds is 5. The van der Waals surface area contributed by atoms with E-state index in [9.17, 15) is 9.59 Å². The third-order valence-corrected chi connectivity index (χ3v) is 4.31.